The van der Waals surface area contributed by atoms with Crippen molar-refractivity contribution in [3.05, 3.63) is 30.1 Å². The number of amides is 1. The fraction of sp³-hybridized carbons (Fsp3) is 0.467. The van der Waals surface area contributed by atoms with Crippen LogP contribution in [-0.2, 0) is 16.1 Å². The number of halogens is 1. The largest absolute Gasteiger partial charge is 0.372 e. The highest BCUT2D eigenvalue weighted by molar-refractivity contribution is 5.76. The van der Waals surface area contributed by atoms with Gasteiger partial charge >= 0.3 is 0 Å². The third-order valence-electron chi connectivity index (χ3n) is 3.60. The number of carbonyl (C=O) groups excluding carboxylic acids is 1. The second-order valence-corrected chi connectivity index (χ2v) is 5.71. The Balaban J connectivity index is 1.66. The molecule has 122 valence electrons. The van der Waals surface area contributed by atoms with E-state index in [1.54, 1.807) is 17.0 Å². The maximum absolute atomic E-state index is 12.9. The fourth-order valence-corrected chi connectivity index (χ4v) is 2.63. The number of tetrazole rings is 1. The maximum atomic E-state index is 12.9. The molecule has 0 N–H and O–H groups in total. The van der Waals surface area contributed by atoms with Crippen LogP contribution in [0.15, 0.2) is 24.3 Å². The molecule has 2 atom stereocenters. The monoisotopic (exact) mass is 319 g/mol. The smallest absolute Gasteiger partial charge is 0.246 e. The van der Waals surface area contributed by atoms with E-state index >= 15 is 0 Å². The van der Waals surface area contributed by atoms with Gasteiger partial charge in [-0.05, 0) is 43.3 Å². The summed E-state index contributed by atoms with van der Waals surface area (Å²) in [6, 6.07) is 5.81. The topological polar surface area (TPSA) is 73.1 Å². The van der Waals surface area contributed by atoms with Crippen molar-refractivity contribution in [2.24, 2.45) is 0 Å². The number of benzene rings is 1. The Bertz CT molecular complexity index is 677. The molecule has 2 aromatic rings. The zero-order chi connectivity index (χ0) is 16.4. The number of hydrogen-bond acceptors (Lipinski definition) is 5. The lowest BCUT2D eigenvalue weighted by Crippen LogP contribution is -2.49. The van der Waals surface area contributed by atoms with Gasteiger partial charge in [-0.3, -0.25) is 4.79 Å². The first-order valence-electron chi connectivity index (χ1n) is 7.48. The van der Waals surface area contributed by atoms with Gasteiger partial charge in [0.25, 0.3) is 0 Å². The summed E-state index contributed by atoms with van der Waals surface area (Å²) >= 11 is 0. The first kappa shape index (κ1) is 15.5. The van der Waals surface area contributed by atoms with Crippen LogP contribution in [-0.4, -0.2) is 56.3 Å². The maximum Gasteiger partial charge on any atom is 0.246 e. The van der Waals surface area contributed by atoms with E-state index in [4.69, 9.17) is 4.74 Å². The molecule has 1 amide bonds. The van der Waals surface area contributed by atoms with Gasteiger partial charge in [-0.25, -0.2) is 4.39 Å². The molecule has 1 aliphatic rings. The molecule has 1 aromatic heterocycles. The van der Waals surface area contributed by atoms with Crippen molar-refractivity contribution >= 4 is 5.91 Å². The molecule has 0 saturated carbocycles. The van der Waals surface area contributed by atoms with Gasteiger partial charge in [0, 0.05) is 18.7 Å². The molecule has 0 radical (unpaired) electrons. The molecule has 8 heteroatoms. The second kappa shape index (κ2) is 6.41. The van der Waals surface area contributed by atoms with Crippen LogP contribution in [0.5, 0.6) is 0 Å². The van der Waals surface area contributed by atoms with Gasteiger partial charge < -0.3 is 9.64 Å². The molecule has 1 aliphatic heterocycles. The average Bonchev–Trinajstić information content (AvgIpc) is 2.95. The highest BCUT2D eigenvalue weighted by Gasteiger charge is 2.26. The molecule has 7 nitrogen and oxygen atoms in total. The zero-order valence-electron chi connectivity index (χ0n) is 13.0. The average molecular weight is 319 g/mol. The Labute approximate surface area is 133 Å². The van der Waals surface area contributed by atoms with Crippen molar-refractivity contribution in [1.29, 1.82) is 0 Å². The molecule has 0 unspecified atom stereocenters. The van der Waals surface area contributed by atoms with Gasteiger partial charge in [-0.15, -0.1) is 10.2 Å². The van der Waals surface area contributed by atoms with Crippen LogP contribution in [0.4, 0.5) is 4.39 Å². The van der Waals surface area contributed by atoms with Crippen molar-refractivity contribution in [2.45, 2.75) is 32.6 Å². The Morgan fingerprint density at radius 3 is 2.57 bits per heavy atom. The van der Waals surface area contributed by atoms with Gasteiger partial charge in [0.1, 0.15) is 12.4 Å². The first-order valence-corrected chi connectivity index (χ1v) is 7.48. The van der Waals surface area contributed by atoms with E-state index in [-0.39, 0.29) is 30.5 Å². The summed E-state index contributed by atoms with van der Waals surface area (Å²) in [6.45, 7) is 5.02. The van der Waals surface area contributed by atoms with Gasteiger partial charge in [-0.2, -0.15) is 4.80 Å². The number of carbonyl (C=O) groups is 1. The van der Waals surface area contributed by atoms with Crippen LogP contribution in [0.25, 0.3) is 11.4 Å². The summed E-state index contributed by atoms with van der Waals surface area (Å²) in [7, 11) is 0. The summed E-state index contributed by atoms with van der Waals surface area (Å²) < 4.78 is 18.5. The molecule has 23 heavy (non-hydrogen) atoms. The summed E-state index contributed by atoms with van der Waals surface area (Å²) in [5, 5.41) is 12.0. The van der Waals surface area contributed by atoms with Crippen molar-refractivity contribution in [2.75, 3.05) is 13.1 Å². The van der Waals surface area contributed by atoms with Crippen LogP contribution >= 0.6 is 0 Å². The van der Waals surface area contributed by atoms with E-state index < -0.39 is 0 Å². The molecular weight excluding hydrogens is 301 g/mol. The minimum Gasteiger partial charge on any atom is -0.372 e. The van der Waals surface area contributed by atoms with Gasteiger partial charge in [0.05, 0.1) is 12.2 Å². The quantitative estimate of drug-likeness (QED) is 0.847. The van der Waals surface area contributed by atoms with Crippen molar-refractivity contribution in [1.82, 2.24) is 25.1 Å². The van der Waals surface area contributed by atoms with Crippen LogP contribution in [0.2, 0.25) is 0 Å². The Morgan fingerprint density at radius 1 is 1.26 bits per heavy atom. The van der Waals surface area contributed by atoms with Crippen LogP contribution < -0.4 is 0 Å². The lowest BCUT2D eigenvalue weighted by Gasteiger charge is -2.35. The predicted octanol–water partition coefficient (Wildman–Crippen LogP) is 1.11. The van der Waals surface area contributed by atoms with Gasteiger partial charge in [-0.1, -0.05) is 0 Å². The predicted molar refractivity (Wildman–Crippen MR) is 79.8 cm³/mol. The Morgan fingerprint density at radius 2 is 1.91 bits per heavy atom. The molecule has 2 heterocycles. The minimum atomic E-state index is -0.327. The van der Waals surface area contributed by atoms with Crippen molar-refractivity contribution < 1.29 is 13.9 Å². The van der Waals surface area contributed by atoms with E-state index in [2.05, 4.69) is 15.4 Å². The first-order chi connectivity index (χ1) is 11.0. The van der Waals surface area contributed by atoms with E-state index in [9.17, 15) is 9.18 Å². The molecule has 1 aromatic carbocycles. The minimum absolute atomic E-state index is 0.0150. The summed E-state index contributed by atoms with van der Waals surface area (Å²) in [4.78, 5) is 15.3. The molecule has 1 fully saturated rings. The summed E-state index contributed by atoms with van der Waals surface area (Å²) in [5.41, 5.74) is 0.652. The Kier molecular flexibility index (Phi) is 4.33. The number of hydrogen-bond donors (Lipinski definition) is 0. The van der Waals surface area contributed by atoms with E-state index in [0.717, 1.165) is 0 Å². The van der Waals surface area contributed by atoms with Crippen LogP contribution in [0.3, 0.4) is 0 Å². The molecule has 0 aliphatic carbocycles. The summed E-state index contributed by atoms with van der Waals surface area (Å²) in [5.74, 6) is -0.0385. The SMILES string of the molecule is C[C@@H]1CN(C(=O)Cn2nnc(-c3ccc(F)cc3)n2)C[C@H](C)O1. The molecular formula is C15H18FN5O2. The van der Waals surface area contributed by atoms with E-state index in [1.807, 2.05) is 13.8 Å². The molecule has 0 spiro atoms. The number of rotatable bonds is 3. The lowest BCUT2D eigenvalue weighted by molar-refractivity contribution is -0.144. The van der Waals surface area contributed by atoms with Crippen LogP contribution in [0, 0.1) is 5.82 Å². The van der Waals surface area contributed by atoms with E-state index in [0.29, 0.717) is 24.5 Å². The number of ether oxygens (including phenoxy) is 1. The van der Waals surface area contributed by atoms with Crippen molar-refractivity contribution in [3.8, 4) is 11.4 Å². The van der Waals surface area contributed by atoms with Gasteiger partial charge in [0.15, 0.2) is 0 Å². The van der Waals surface area contributed by atoms with Gasteiger partial charge in [0.2, 0.25) is 11.7 Å². The standard InChI is InChI=1S/C15H18FN5O2/c1-10-7-20(8-11(2)23-10)14(22)9-21-18-15(17-19-21)12-3-5-13(16)6-4-12/h3-6,10-11H,7-9H2,1-2H3/t10-,11+. The summed E-state index contributed by atoms with van der Waals surface area (Å²) in [6.07, 6.45) is 0.0300. The van der Waals surface area contributed by atoms with E-state index in [1.165, 1.54) is 16.9 Å². The number of aromatic nitrogens is 4. The highest BCUT2D eigenvalue weighted by Crippen LogP contribution is 2.14. The normalized spacial score (nSPS) is 21.4. The molecule has 3 rings (SSSR count). The molecule has 0 bridgehead atoms. The fourth-order valence-electron chi connectivity index (χ4n) is 2.63. The Hall–Kier alpha value is -2.35. The number of nitrogens with zero attached hydrogens (tertiary/aromatic N) is 5. The third-order valence-corrected chi connectivity index (χ3v) is 3.60. The lowest BCUT2D eigenvalue weighted by atomic mass is 10.2. The van der Waals surface area contributed by atoms with Crippen molar-refractivity contribution in [3.63, 3.8) is 0 Å². The highest BCUT2D eigenvalue weighted by atomic mass is 19.1. The molecule has 1 saturated heterocycles. The third kappa shape index (κ3) is 3.70. The number of morpholine rings is 1. The van der Waals surface area contributed by atoms with Crippen LogP contribution in [0.1, 0.15) is 13.8 Å². The second-order valence-electron chi connectivity index (χ2n) is 5.71. The zero-order valence-corrected chi connectivity index (χ0v) is 13.0.